The Hall–Kier alpha value is -3.20. The molecule has 132 valence electrons. The number of nitrogens with zero attached hydrogens (tertiary/aromatic N) is 6. The molecular formula is C16H15ClN8O. The lowest BCUT2D eigenvalue weighted by Crippen LogP contribution is -2.26. The van der Waals surface area contributed by atoms with E-state index >= 15 is 0 Å². The average Bonchev–Trinajstić information content (AvgIpc) is 3.25. The number of aryl methyl sites for hydroxylation is 2. The standard InChI is InChI=1S/C16H15ClN8O/c1-8-5-9(23-24(8)2)7-25-14-12(13(17)21-16(18)22-14)10(15(25)26)6-11-19-3-4-20-11/h3-6H,7H2,1-2H3,(H,19,20)(H2,18,21,22)/b10-6-. The van der Waals surface area contributed by atoms with Crippen molar-refractivity contribution in [3.05, 3.63) is 46.4 Å². The number of hydrogen-bond donors (Lipinski definition) is 2. The summed E-state index contributed by atoms with van der Waals surface area (Å²) in [6, 6.07) is 1.91. The maximum absolute atomic E-state index is 13.1. The highest BCUT2D eigenvalue weighted by Crippen LogP contribution is 2.40. The fourth-order valence-electron chi connectivity index (χ4n) is 2.86. The van der Waals surface area contributed by atoms with Gasteiger partial charge in [-0.05, 0) is 19.1 Å². The number of hydrogen-bond acceptors (Lipinski definition) is 6. The van der Waals surface area contributed by atoms with E-state index in [1.54, 1.807) is 23.2 Å². The van der Waals surface area contributed by atoms with Crippen LogP contribution in [-0.4, -0.2) is 35.6 Å². The van der Waals surface area contributed by atoms with Crippen LogP contribution in [0.5, 0.6) is 0 Å². The molecule has 1 aliphatic heterocycles. The minimum atomic E-state index is -0.262. The molecule has 0 bridgehead atoms. The third-order valence-electron chi connectivity index (χ3n) is 4.15. The summed E-state index contributed by atoms with van der Waals surface area (Å²) >= 11 is 6.27. The van der Waals surface area contributed by atoms with Crippen LogP contribution in [0, 0.1) is 6.92 Å². The largest absolute Gasteiger partial charge is 0.368 e. The molecule has 0 aromatic carbocycles. The van der Waals surface area contributed by atoms with Gasteiger partial charge in [0.15, 0.2) is 5.82 Å². The molecule has 3 aromatic heterocycles. The summed E-state index contributed by atoms with van der Waals surface area (Å²) in [6.07, 6.45) is 4.89. The minimum Gasteiger partial charge on any atom is -0.368 e. The Bertz CT molecular complexity index is 1020. The minimum absolute atomic E-state index is 0.00278. The number of anilines is 2. The van der Waals surface area contributed by atoms with Gasteiger partial charge in [0.25, 0.3) is 5.91 Å². The molecule has 0 saturated heterocycles. The first-order chi connectivity index (χ1) is 12.4. The van der Waals surface area contributed by atoms with Gasteiger partial charge in [0.2, 0.25) is 5.95 Å². The lowest BCUT2D eigenvalue weighted by Gasteiger charge is -2.14. The van der Waals surface area contributed by atoms with Crippen LogP contribution in [0.4, 0.5) is 11.8 Å². The monoisotopic (exact) mass is 370 g/mol. The average molecular weight is 371 g/mol. The molecule has 0 fully saturated rings. The first-order valence-electron chi connectivity index (χ1n) is 7.80. The van der Waals surface area contributed by atoms with Gasteiger partial charge >= 0.3 is 0 Å². The van der Waals surface area contributed by atoms with Crippen molar-refractivity contribution in [1.82, 2.24) is 29.7 Å². The summed E-state index contributed by atoms with van der Waals surface area (Å²) in [4.78, 5) is 29.8. The number of nitrogens with two attached hydrogens (primary N) is 1. The number of halogens is 1. The van der Waals surface area contributed by atoms with Gasteiger partial charge in [-0.1, -0.05) is 11.6 Å². The zero-order valence-corrected chi connectivity index (χ0v) is 14.8. The molecule has 0 atom stereocenters. The zero-order chi connectivity index (χ0) is 18.4. The first-order valence-corrected chi connectivity index (χ1v) is 8.17. The summed E-state index contributed by atoms with van der Waals surface area (Å²) < 4.78 is 1.75. The number of carbonyl (C=O) groups excluding carboxylic acids is 1. The van der Waals surface area contributed by atoms with Crippen LogP contribution in [0.3, 0.4) is 0 Å². The molecular weight excluding hydrogens is 356 g/mol. The van der Waals surface area contributed by atoms with E-state index in [1.807, 2.05) is 20.0 Å². The quantitative estimate of drug-likeness (QED) is 0.533. The Morgan fingerprint density at radius 1 is 1.38 bits per heavy atom. The summed E-state index contributed by atoms with van der Waals surface area (Å²) in [5.74, 6) is 0.640. The number of carbonyl (C=O) groups is 1. The van der Waals surface area contributed by atoms with Crippen LogP contribution in [0.1, 0.15) is 22.8 Å². The molecule has 4 rings (SSSR count). The molecule has 26 heavy (non-hydrogen) atoms. The van der Waals surface area contributed by atoms with E-state index in [2.05, 4.69) is 25.0 Å². The summed E-state index contributed by atoms with van der Waals surface area (Å²) in [5.41, 5.74) is 8.25. The molecule has 0 aliphatic carbocycles. The van der Waals surface area contributed by atoms with E-state index < -0.39 is 0 Å². The maximum atomic E-state index is 13.1. The lowest BCUT2D eigenvalue weighted by atomic mass is 10.1. The fraction of sp³-hybridized carbons (Fsp3) is 0.188. The van der Waals surface area contributed by atoms with Crippen molar-refractivity contribution in [2.24, 2.45) is 7.05 Å². The number of fused-ring (bicyclic) bond motifs is 1. The Kier molecular flexibility index (Phi) is 3.73. The zero-order valence-electron chi connectivity index (χ0n) is 14.1. The number of amides is 1. The van der Waals surface area contributed by atoms with Crippen molar-refractivity contribution in [2.45, 2.75) is 13.5 Å². The Morgan fingerprint density at radius 2 is 2.19 bits per heavy atom. The third-order valence-corrected chi connectivity index (χ3v) is 4.42. The third kappa shape index (κ3) is 2.62. The summed E-state index contributed by atoms with van der Waals surface area (Å²) in [6.45, 7) is 2.19. The molecule has 0 saturated carbocycles. The Balaban J connectivity index is 1.83. The molecule has 10 heteroatoms. The van der Waals surface area contributed by atoms with Crippen LogP contribution in [0.15, 0.2) is 18.5 Å². The number of H-pyrrole nitrogens is 1. The second-order valence-corrected chi connectivity index (χ2v) is 6.25. The van der Waals surface area contributed by atoms with E-state index in [1.165, 1.54) is 4.90 Å². The van der Waals surface area contributed by atoms with Crippen LogP contribution in [0.2, 0.25) is 5.15 Å². The van der Waals surface area contributed by atoms with Gasteiger partial charge in [-0.25, -0.2) is 9.97 Å². The van der Waals surface area contributed by atoms with E-state index in [9.17, 15) is 4.79 Å². The van der Waals surface area contributed by atoms with Gasteiger partial charge in [0.1, 0.15) is 11.0 Å². The lowest BCUT2D eigenvalue weighted by molar-refractivity contribution is -0.113. The molecule has 0 unspecified atom stereocenters. The first kappa shape index (κ1) is 16.3. The van der Waals surface area contributed by atoms with Gasteiger partial charge < -0.3 is 10.7 Å². The van der Waals surface area contributed by atoms with Crippen LogP contribution in [-0.2, 0) is 18.4 Å². The van der Waals surface area contributed by atoms with E-state index in [-0.39, 0.29) is 23.6 Å². The second-order valence-electron chi connectivity index (χ2n) is 5.90. The van der Waals surface area contributed by atoms with Gasteiger partial charge in [-0.15, -0.1) is 0 Å². The normalized spacial score (nSPS) is 15.1. The van der Waals surface area contributed by atoms with E-state index in [4.69, 9.17) is 17.3 Å². The van der Waals surface area contributed by atoms with Crippen molar-refractivity contribution in [3.63, 3.8) is 0 Å². The van der Waals surface area contributed by atoms with Gasteiger partial charge in [0.05, 0.1) is 23.4 Å². The predicted molar refractivity (Wildman–Crippen MR) is 97.0 cm³/mol. The van der Waals surface area contributed by atoms with Crippen molar-refractivity contribution in [3.8, 4) is 0 Å². The van der Waals surface area contributed by atoms with Crippen LogP contribution in [0.25, 0.3) is 11.6 Å². The number of rotatable bonds is 3. The topological polar surface area (TPSA) is 119 Å². The molecule has 3 aromatic rings. The summed E-state index contributed by atoms with van der Waals surface area (Å²) in [5, 5.41) is 4.53. The number of imidazole rings is 1. The molecule has 9 nitrogen and oxygen atoms in total. The molecule has 4 heterocycles. The van der Waals surface area contributed by atoms with Gasteiger partial charge in [-0.2, -0.15) is 10.1 Å². The van der Waals surface area contributed by atoms with Crippen molar-refractivity contribution < 1.29 is 4.79 Å². The van der Waals surface area contributed by atoms with E-state index in [0.717, 1.165) is 11.4 Å². The molecule has 1 amide bonds. The van der Waals surface area contributed by atoms with Crippen molar-refractivity contribution in [1.29, 1.82) is 0 Å². The number of aromatic nitrogens is 6. The van der Waals surface area contributed by atoms with E-state index in [0.29, 0.717) is 22.8 Å². The van der Waals surface area contributed by atoms with Gasteiger partial charge in [-0.3, -0.25) is 14.4 Å². The number of aromatic amines is 1. The SMILES string of the molecule is Cc1cc(CN2C(=O)/C(=C\c3ncc[nH]3)c3c(Cl)nc(N)nc32)nn1C. The van der Waals surface area contributed by atoms with Crippen LogP contribution < -0.4 is 10.6 Å². The second kappa shape index (κ2) is 5.95. The summed E-state index contributed by atoms with van der Waals surface area (Å²) in [7, 11) is 1.85. The predicted octanol–water partition coefficient (Wildman–Crippen LogP) is 1.56. The number of nitrogen functional groups attached to an aromatic ring is 1. The fourth-order valence-corrected chi connectivity index (χ4v) is 3.13. The number of nitrogens with one attached hydrogen (secondary N) is 1. The smallest absolute Gasteiger partial charge is 0.260 e. The van der Waals surface area contributed by atoms with Crippen LogP contribution >= 0.6 is 11.6 Å². The molecule has 0 spiro atoms. The highest BCUT2D eigenvalue weighted by Gasteiger charge is 2.37. The Labute approximate surface area is 153 Å². The molecule has 1 aliphatic rings. The molecule has 3 N–H and O–H groups in total. The van der Waals surface area contributed by atoms with Crippen molar-refractivity contribution in [2.75, 3.05) is 10.6 Å². The Morgan fingerprint density at radius 3 is 2.85 bits per heavy atom. The highest BCUT2D eigenvalue weighted by molar-refractivity contribution is 6.41. The van der Waals surface area contributed by atoms with Gasteiger partial charge in [0, 0.05) is 25.1 Å². The van der Waals surface area contributed by atoms with Crippen molar-refractivity contribution >= 4 is 40.9 Å². The molecule has 0 radical (unpaired) electrons. The maximum Gasteiger partial charge on any atom is 0.260 e. The highest BCUT2D eigenvalue weighted by atomic mass is 35.5.